The Labute approximate surface area is 125 Å². The minimum Gasteiger partial charge on any atom is -0.357 e. The van der Waals surface area contributed by atoms with Crippen LogP contribution in [0.3, 0.4) is 0 Å². The van der Waals surface area contributed by atoms with Crippen LogP contribution in [0.1, 0.15) is 25.1 Å². The standard InChI is InChI=1S/C14H17F3N4O/c1-21(11-2-3-18-13(20-11)14(15,16)17)10-4-8-6-12(22)19-7-9(8)5-10/h2-3,8-10H,4-7H2,1H3,(H,19,22)/t8-,9+,10-/m0/s1. The molecular weight excluding hydrogens is 297 g/mol. The lowest BCUT2D eigenvalue weighted by atomic mass is 9.89. The SMILES string of the molecule is CN(c1ccnc(C(F)(F)F)n1)[C@H]1C[C@H]2CC(=O)NC[C@H]2C1. The van der Waals surface area contributed by atoms with Crippen LogP contribution in [0.4, 0.5) is 19.0 Å². The summed E-state index contributed by atoms with van der Waals surface area (Å²) in [6.07, 6.45) is -1.25. The van der Waals surface area contributed by atoms with E-state index in [4.69, 9.17) is 0 Å². The maximum Gasteiger partial charge on any atom is 0.451 e. The summed E-state index contributed by atoms with van der Waals surface area (Å²) >= 11 is 0. The minimum absolute atomic E-state index is 0.0611. The third-order valence-electron chi connectivity index (χ3n) is 4.63. The molecule has 1 aromatic heterocycles. The molecule has 1 amide bonds. The van der Waals surface area contributed by atoms with E-state index in [0.717, 1.165) is 19.0 Å². The highest BCUT2D eigenvalue weighted by atomic mass is 19.4. The Balaban J connectivity index is 1.75. The molecule has 22 heavy (non-hydrogen) atoms. The quantitative estimate of drug-likeness (QED) is 0.905. The Hall–Kier alpha value is -1.86. The molecule has 120 valence electrons. The van der Waals surface area contributed by atoms with Gasteiger partial charge in [-0.1, -0.05) is 0 Å². The van der Waals surface area contributed by atoms with Gasteiger partial charge in [0.25, 0.3) is 0 Å². The summed E-state index contributed by atoms with van der Waals surface area (Å²) in [7, 11) is 1.75. The number of piperidine rings is 1. The van der Waals surface area contributed by atoms with Crippen molar-refractivity contribution in [2.75, 3.05) is 18.5 Å². The second kappa shape index (κ2) is 5.40. The zero-order chi connectivity index (χ0) is 15.9. The number of hydrogen-bond acceptors (Lipinski definition) is 4. The summed E-state index contributed by atoms with van der Waals surface area (Å²) in [6.45, 7) is 0.658. The van der Waals surface area contributed by atoms with Crippen LogP contribution in [0.5, 0.6) is 0 Å². The molecule has 2 fully saturated rings. The van der Waals surface area contributed by atoms with Gasteiger partial charge < -0.3 is 10.2 Å². The molecule has 1 saturated heterocycles. The van der Waals surface area contributed by atoms with Gasteiger partial charge in [-0.25, -0.2) is 9.97 Å². The molecular formula is C14H17F3N4O. The van der Waals surface area contributed by atoms with Crippen molar-refractivity contribution in [3.8, 4) is 0 Å². The summed E-state index contributed by atoms with van der Waals surface area (Å²) < 4.78 is 38.1. The van der Waals surface area contributed by atoms with E-state index in [1.807, 2.05) is 0 Å². The first-order chi connectivity index (χ1) is 10.3. The third kappa shape index (κ3) is 2.86. The highest BCUT2D eigenvalue weighted by Gasteiger charge is 2.40. The molecule has 5 nitrogen and oxygen atoms in total. The van der Waals surface area contributed by atoms with Gasteiger partial charge in [0.2, 0.25) is 11.7 Å². The van der Waals surface area contributed by atoms with Crippen molar-refractivity contribution in [1.29, 1.82) is 0 Å². The lowest BCUT2D eigenvalue weighted by molar-refractivity contribution is -0.144. The van der Waals surface area contributed by atoms with E-state index in [9.17, 15) is 18.0 Å². The number of fused-ring (bicyclic) bond motifs is 1. The number of alkyl halides is 3. The molecule has 2 aliphatic rings. The second-order valence-electron chi connectivity index (χ2n) is 6.00. The van der Waals surface area contributed by atoms with Gasteiger partial charge in [0.15, 0.2) is 0 Å². The number of amides is 1. The molecule has 0 unspecified atom stereocenters. The smallest absolute Gasteiger partial charge is 0.357 e. The van der Waals surface area contributed by atoms with Crippen molar-refractivity contribution >= 4 is 11.7 Å². The maximum absolute atomic E-state index is 12.7. The molecule has 3 atom stereocenters. The molecule has 3 rings (SSSR count). The number of rotatable bonds is 2. The minimum atomic E-state index is -4.54. The number of hydrogen-bond donors (Lipinski definition) is 1. The van der Waals surface area contributed by atoms with E-state index in [-0.39, 0.29) is 17.8 Å². The van der Waals surface area contributed by atoms with E-state index in [0.29, 0.717) is 24.8 Å². The summed E-state index contributed by atoms with van der Waals surface area (Å²) in [5.41, 5.74) is 0. The zero-order valence-electron chi connectivity index (χ0n) is 12.1. The van der Waals surface area contributed by atoms with Crippen LogP contribution in [0.15, 0.2) is 12.3 Å². The van der Waals surface area contributed by atoms with Crippen LogP contribution in [0, 0.1) is 11.8 Å². The van der Waals surface area contributed by atoms with Crippen LogP contribution in [0.2, 0.25) is 0 Å². The molecule has 8 heteroatoms. The molecule has 0 radical (unpaired) electrons. The first kappa shape index (κ1) is 15.1. The normalized spacial score (nSPS) is 28.2. The van der Waals surface area contributed by atoms with Gasteiger partial charge in [-0.05, 0) is 30.7 Å². The summed E-state index contributed by atoms with van der Waals surface area (Å²) in [6, 6.07) is 1.58. The van der Waals surface area contributed by atoms with Crippen LogP contribution >= 0.6 is 0 Å². The Morgan fingerprint density at radius 3 is 2.77 bits per heavy atom. The van der Waals surface area contributed by atoms with E-state index < -0.39 is 12.0 Å². The molecule has 1 saturated carbocycles. The first-order valence-corrected chi connectivity index (χ1v) is 7.24. The first-order valence-electron chi connectivity index (χ1n) is 7.24. The van der Waals surface area contributed by atoms with Crippen molar-refractivity contribution < 1.29 is 18.0 Å². The Kier molecular flexibility index (Phi) is 3.70. The van der Waals surface area contributed by atoms with Crippen molar-refractivity contribution in [3.63, 3.8) is 0 Å². The van der Waals surface area contributed by atoms with Gasteiger partial charge in [0, 0.05) is 32.3 Å². The summed E-state index contributed by atoms with van der Waals surface area (Å²) in [5.74, 6) is -0.0838. The fraction of sp³-hybridized carbons (Fsp3) is 0.643. The van der Waals surface area contributed by atoms with E-state index >= 15 is 0 Å². The van der Waals surface area contributed by atoms with Crippen molar-refractivity contribution in [3.05, 3.63) is 18.1 Å². The predicted octanol–water partition coefficient (Wildman–Crippen LogP) is 1.85. The number of halogens is 3. The lowest BCUT2D eigenvalue weighted by Gasteiger charge is -2.26. The lowest BCUT2D eigenvalue weighted by Crippen LogP contribution is -2.38. The molecule has 0 aromatic carbocycles. The maximum atomic E-state index is 12.7. The van der Waals surface area contributed by atoms with E-state index in [2.05, 4.69) is 15.3 Å². The topological polar surface area (TPSA) is 58.1 Å². The van der Waals surface area contributed by atoms with Gasteiger partial charge in [0.05, 0.1) is 0 Å². The highest BCUT2D eigenvalue weighted by molar-refractivity contribution is 5.77. The largest absolute Gasteiger partial charge is 0.451 e. The number of aromatic nitrogens is 2. The number of anilines is 1. The average Bonchev–Trinajstić information content (AvgIpc) is 2.88. The predicted molar refractivity (Wildman–Crippen MR) is 73.1 cm³/mol. The summed E-state index contributed by atoms with van der Waals surface area (Å²) in [4.78, 5) is 20.1. The molecule has 1 aliphatic carbocycles. The number of nitrogens with one attached hydrogen (secondary N) is 1. The second-order valence-corrected chi connectivity index (χ2v) is 6.00. The van der Waals surface area contributed by atoms with Gasteiger partial charge >= 0.3 is 6.18 Å². The number of carbonyl (C=O) groups is 1. The van der Waals surface area contributed by atoms with Crippen LogP contribution in [-0.2, 0) is 11.0 Å². The monoisotopic (exact) mass is 314 g/mol. The Morgan fingerprint density at radius 1 is 1.32 bits per heavy atom. The van der Waals surface area contributed by atoms with E-state index in [1.54, 1.807) is 11.9 Å². The average molecular weight is 314 g/mol. The van der Waals surface area contributed by atoms with Gasteiger partial charge in [-0.3, -0.25) is 4.79 Å². The molecule has 1 N–H and O–H groups in total. The van der Waals surface area contributed by atoms with Crippen LogP contribution < -0.4 is 10.2 Å². The van der Waals surface area contributed by atoms with Crippen molar-refractivity contribution in [1.82, 2.24) is 15.3 Å². The highest BCUT2D eigenvalue weighted by Crippen LogP contribution is 2.39. The fourth-order valence-electron chi connectivity index (χ4n) is 3.42. The molecule has 2 heterocycles. The van der Waals surface area contributed by atoms with Crippen LogP contribution in [-0.4, -0.2) is 35.5 Å². The third-order valence-corrected chi connectivity index (χ3v) is 4.63. The number of carbonyl (C=O) groups excluding carboxylic acids is 1. The Morgan fingerprint density at radius 2 is 2.05 bits per heavy atom. The van der Waals surface area contributed by atoms with Crippen molar-refractivity contribution in [2.45, 2.75) is 31.5 Å². The van der Waals surface area contributed by atoms with Gasteiger partial charge in [0.1, 0.15) is 5.82 Å². The molecule has 1 aliphatic heterocycles. The molecule has 0 spiro atoms. The molecule has 0 bridgehead atoms. The summed E-state index contributed by atoms with van der Waals surface area (Å²) in [5, 5.41) is 2.85. The van der Waals surface area contributed by atoms with Gasteiger partial charge in [-0.15, -0.1) is 0 Å². The van der Waals surface area contributed by atoms with Crippen molar-refractivity contribution in [2.24, 2.45) is 11.8 Å². The Bertz CT molecular complexity index is 577. The van der Waals surface area contributed by atoms with Crippen LogP contribution in [0.25, 0.3) is 0 Å². The fourth-order valence-corrected chi connectivity index (χ4v) is 3.42. The van der Waals surface area contributed by atoms with E-state index in [1.165, 1.54) is 6.07 Å². The molecule has 1 aromatic rings. The van der Waals surface area contributed by atoms with Gasteiger partial charge in [-0.2, -0.15) is 13.2 Å². The zero-order valence-corrected chi connectivity index (χ0v) is 12.1. The number of nitrogens with zero attached hydrogens (tertiary/aromatic N) is 3.